The van der Waals surface area contributed by atoms with E-state index >= 15 is 0 Å². The Morgan fingerprint density at radius 1 is 1.54 bits per heavy atom. The molecular weight excluding hydrogens is 348 g/mol. The second kappa shape index (κ2) is 8.11. The fourth-order valence-corrected chi connectivity index (χ4v) is 3.63. The summed E-state index contributed by atoms with van der Waals surface area (Å²) in [5.74, 6) is -0.448. The van der Waals surface area contributed by atoms with E-state index in [0.29, 0.717) is 28.5 Å². The number of carbonyl (C=O) groups excluding carboxylic acids is 2. The van der Waals surface area contributed by atoms with Crippen molar-refractivity contribution in [1.29, 1.82) is 0 Å². The van der Waals surface area contributed by atoms with E-state index in [-0.39, 0.29) is 5.56 Å². The number of hydrogen-bond donors (Lipinski definition) is 2. The highest BCUT2D eigenvalue weighted by Gasteiger charge is 2.20. The van der Waals surface area contributed by atoms with Crippen LogP contribution in [-0.2, 0) is 11.3 Å². The Hall–Kier alpha value is -2.13. The van der Waals surface area contributed by atoms with Crippen molar-refractivity contribution in [2.24, 2.45) is 0 Å². The molecule has 0 aromatic carbocycles. The van der Waals surface area contributed by atoms with Crippen molar-refractivity contribution in [2.45, 2.75) is 30.8 Å². The summed E-state index contributed by atoms with van der Waals surface area (Å²) in [5, 5.41) is 6.38. The summed E-state index contributed by atoms with van der Waals surface area (Å²) in [6, 6.07) is 1.23. The lowest BCUT2D eigenvalue weighted by Crippen LogP contribution is -2.42. The Morgan fingerprint density at radius 2 is 2.29 bits per heavy atom. The van der Waals surface area contributed by atoms with Gasteiger partial charge >= 0.3 is 6.03 Å². The minimum atomic E-state index is -0.591. The zero-order valence-electron chi connectivity index (χ0n) is 13.4. The van der Waals surface area contributed by atoms with Gasteiger partial charge < -0.3 is 5.32 Å². The molecule has 2 N–H and O–H groups in total. The Labute approximate surface area is 147 Å². The predicted octanol–water partition coefficient (Wildman–Crippen LogP) is 1.97. The first-order valence-corrected chi connectivity index (χ1v) is 9.08. The van der Waals surface area contributed by atoms with Gasteiger partial charge in [-0.3, -0.25) is 19.5 Å². The molecule has 1 atom stereocenters. The van der Waals surface area contributed by atoms with E-state index in [1.165, 1.54) is 15.9 Å². The molecular formula is C15H18N4O3S2. The number of fused-ring (bicyclic) bond motifs is 1. The zero-order valence-corrected chi connectivity index (χ0v) is 15.0. The Bertz CT molecular complexity index is 828. The Kier molecular flexibility index (Phi) is 6.16. The summed E-state index contributed by atoms with van der Waals surface area (Å²) in [6.07, 6.45) is 1.60. The number of carbonyl (C=O) groups is 2. The number of imide groups is 1. The van der Waals surface area contributed by atoms with E-state index in [4.69, 9.17) is 0 Å². The lowest BCUT2D eigenvalue weighted by Gasteiger charge is -2.14. The molecule has 9 heteroatoms. The van der Waals surface area contributed by atoms with Crippen molar-refractivity contribution in [2.75, 3.05) is 6.54 Å². The Morgan fingerprint density at radius 3 is 2.96 bits per heavy atom. The summed E-state index contributed by atoms with van der Waals surface area (Å²) in [5.41, 5.74) is 0.442. The molecule has 0 aliphatic carbocycles. The molecule has 24 heavy (non-hydrogen) atoms. The molecule has 0 aliphatic rings. The minimum absolute atomic E-state index is 0.159. The van der Waals surface area contributed by atoms with Gasteiger partial charge in [-0.2, -0.15) is 0 Å². The number of thioether (sulfide) groups is 1. The van der Waals surface area contributed by atoms with Gasteiger partial charge in [0.1, 0.15) is 4.70 Å². The highest BCUT2D eigenvalue weighted by molar-refractivity contribution is 8.00. The third-order valence-corrected chi connectivity index (χ3v) is 5.05. The highest BCUT2D eigenvalue weighted by Crippen LogP contribution is 2.24. The van der Waals surface area contributed by atoms with Gasteiger partial charge in [0.05, 0.1) is 10.8 Å². The van der Waals surface area contributed by atoms with Crippen molar-refractivity contribution in [3.63, 3.8) is 0 Å². The van der Waals surface area contributed by atoms with E-state index in [1.807, 2.05) is 0 Å². The van der Waals surface area contributed by atoms with E-state index in [0.717, 1.165) is 11.8 Å². The molecule has 0 spiro atoms. The first-order chi connectivity index (χ1) is 11.5. The fraction of sp³-hybridized carbons (Fsp3) is 0.333. The Balaban J connectivity index is 2.26. The SMILES string of the molecule is C=CCn1c(S[C@@H](C)C(=O)NC(=O)NCC)nc2ccsc2c1=O. The second-order valence-electron chi connectivity index (χ2n) is 4.84. The number of nitrogens with zero attached hydrogens (tertiary/aromatic N) is 2. The molecule has 0 fully saturated rings. The summed E-state index contributed by atoms with van der Waals surface area (Å²) in [6.45, 7) is 7.79. The topological polar surface area (TPSA) is 93.1 Å². The van der Waals surface area contributed by atoms with Gasteiger partial charge in [-0.1, -0.05) is 17.8 Å². The molecule has 2 aromatic heterocycles. The lowest BCUT2D eigenvalue weighted by atomic mass is 10.4. The van der Waals surface area contributed by atoms with Crippen molar-refractivity contribution in [3.8, 4) is 0 Å². The first kappa shape index (κ1) is 18.2. The van der Waals surface area contributed by atoms with Crippen LogP contribution < -0.4 is 16.2 Å². The van der Waals surface area contributed by atoms with Crippen LogP contribution in [-0.4, -0.2) is 33.3 Å². The van der Waals surface area contributed by atoms with Crippen LogP contribution in [0.4, 0.5) is 4.79 Å². The molecule has 0 unspecified atom stereocenters. The number of thiophene rings is 1. The normalized spacial score (nSPS) is 11.9. The maximum Gasteiger partial charge on any atom is 0.321 e. The quantitative estimate of drug-likeness (QED) is 0.463. The maximum absolute atomic E-state index is 12.5. The van der Waals surface area contributed by atoms with Crippen LogP contribution in [0.5, 0.6) is 0 Å². The summed E-state index contributed by atoms with van der Waals surface area (Å²) in [7, 11) is 0. The third kappa shape index (κ3) is 4.04. The zero-order chi connectivity index (χ0) is 17.7. The van der Waals surface area contributed by atoms with E-state index in [2.05, 4.69) is 22.2 Å². The van der Waals surface area contributed by atoms with Crippen LogP contribution in [0.3, 0.4) is 0 Å². The molecule has 0 bridgehead atoms. The molecule has 2 heterocycles. The van der Waals surface area contributed by atoms with Crippen LogP contribution in [0.2, 0.25) is 0 Å². The molecule has 7 nitrogen and oxygen atoms in total. The first-order valence-electron chi connectivity index (χ1n) is 7.32. The number of urea groups is 1. The second-order valence-corrected chi connectivity index (χ2v) is 7.07. The molecule has 0 saturated carbocycles. The van der Waals surface area contributed by atoms with Gasteiger partial charge in [0.2, 0.25) is 5.91 Å². The van der Waals surface area contributed by atoms with Crippen LogP contribution in [0.25, 0.3) is 10.2 Å². The van der Waals surface area contributed by atoms with Crippen LogP contribution in [0.1, 0.15) is 13.8 Å². The molecule has 0 saturated heterocycles. The van der Waals surface area contributed by atoms with Gasteiger partial charge in [-0.25, -0.2) is 9.78 Å². The minimum Gasteiger partial charge on any atom is -0.338 e. The smallest absolute Gasteiger partial charge is 0.321 e. The largest absolute Gasteiger partial charge is 0.338 e. The standard InChI is InChI=1S/C15H18N4O3S2/c1-4-7-19-13(21)11-10(6-8-23-11)17-15(19)24-9(3)12(20)18-14(22)16-5-2/h4,6,8-9H,1,5,7H2,2-3H3,(H2,16,18,20,22)/t9-/m0/s1. The summed E-state index contributed by atoms with van der Waals surface area (Å²) in [4.78, 5) is 40.5. The predicted molar refractivity (Wildman–Crippen MR) is 96.6 cm³/mol. The number of allylic oxidation sites excluding steroid dienone is 1. The number of hydrogen-bond acceptors (Lipinski definition) is 6. The average molecular weight is 366 g/mol. The van der Waals surface area contributed by atoms with Crippen molar-refractivity contribution < 1.29 is 9.59 Å². The van der Waals surface area contributed by atoms with E-state index in [1.54, 1.807) is 31.4 Å². The van der Waals surface area contributed by atoms with Crippen LogP contribution in [0.15, 0.2) is 34.1 Å². The third-order valence-electron chi connectivity index (χ3n) is 3.07. The average Bonchev–Trinajstić information content (AvgIpc) is 2.99. The van der Waals surface area contributed by atoms with Crippen molar-refractivity contribution >= 4 is 45.3 Å². The highest BCUT2D eigenvalue weighted by atomic mass is 32.2. The van der Waals surface area contributed by atoms with Crippen LogP contribution in [0, 0.1) is 0 Å². The van der Waals surface area contributed by atoms with Crippen LogP contribution >= 0.6 is 23.1 Å². The monoisotopic (exact) mass is 366 g/mol. The molecule has 0 aliphatic heterocycles. The van der Waals surface area contributed by atoms with Gasteiger partial charge in [0.15, 0.2) is 5.16 Å². The number of aromatic nitrogens is 2. The molecule has 0 radical (unpaired) electrons. The summed E-state index contributed by atoms with van der Waals surface area (Å²) < 4.78 is 2.05. The molecule has 3 amide bonds. The summed E-state index contributed by atoms with van der Waals surface area (Å²) >= 11 is 2.46. The lowest BCUT2D eigenvalue weighted by molar-refractivity contribution is -0.119. The molecule has 128 valence electrons. The van der Waals surface area contributed by atoms with Gasteiger partial charge in [-0.05, 0) is 25.3 Å². The van der Waals surface area contributed by atoms with Gasteiger partial charge in [-0.15, -0.1) is 17.9 Å². The van der Waals surface area contributed by atoms with Crippen molar-refractivity contribution in [3.05, 3.63) is 34.5 Å². The van der Waals surface area contributed by atoms with Gasteiger partial charge in [0, 0.05) is 13.1 Å². The van der Waals surface area contributed by atoms with E-state index in [9.17, 15) is 14.4 Å². The fourth-order valence-electron chi connectivity index (χ4n) is 1.93. The number of amides is 3. The number of rotatable bonds is 6. The van der Waals surface area contributed by atoms with Gasteiger partial charge in [0.25, 0.3) is 5.56 Å². The molecule has 2 aromatic rings. The maximum atomic E-state index is 12.5. The van der Waals surface area contributed by atoms with E-state index < -0.39 is 17.2 Å². The molecule has 2 rings (SSSR count). The number of nitrogens with one attached hydrogen (secondary N) is 2. The van der Waals surface area contributed by atoms with Crippen molar-refractivity contribution in [1.82, 2.24) is 20.2 Å².